The van der Waals surface area contributed by atoms with Gasteiger partial charge in [-0.1, -0.05) is 18.2 Å². The molecule has 4 N–H and O–H groups in total. The Balaban J connectivity index is 1.58. The molecule has 0 atom stereocenters. The van der Waals surface area contributed by atoms with Crippen LogP contribution in [0.4, 0.5) is 10.6 Å². The molecule has 1 saturated heterocycles. The molecular weight excluding hydrogens is 410 g/mol. The zero-order valence-corrected chi connectivity index (χ0v) is 17.3. The van der Waals surface area contributed by atoms with Crippen LogP contribution in [0.5, 0.6) is 0 Å². The Hall–Kier alpha value is -4.21. The molecule has 10 nitrogen and oxygen atoms in total. The number of anilines is 1. The number of imide groups is 1. The summed E-state index contributed by atoms with van der Waals surface area (Å²) in [5.74, 6) is 0.211. The van der Waals surface area contributed by atoms with Gasteiger partial charge >= 0.3 is 6.03 Å². The zero-order valence-electron chi connectivity index (χ0n) is 17.3. The largest absolute Gasteiger partial charge is 0.367 e. The van der Waals surface area contributed by atoms with E-state index >= 15 is 0 Å². The summed E-state index contributed by atoms with van der Waals surface area (Å²) in [6.07, 6.45) is 5.36. The minimum absolute atomic E-state index is 0.0918. The third-order valence-corrected chi connectivity index (χ3v) is 5.21. The second kappa shape index (κ2) is 7.80. The minimum Gasteiger partial charge on any atom is -0.367 e. The first-order chi connectivity index (χ1) is 15.5. The van der Waals surface area contributed by atoms with E-state index in [4.69, 9.17) is 4.98 Å². The predicted molar refractivity (Wildman–Crippen MR) is 117 cm³/mol. The Morgan fingerprint density at radius 2 is 2.09 bits per heavy atom. The summed E-state index contributed by atoms with van der Waals surface area (Å²) in [6.45, 7) is 1.91. The van der Waals surface area contributed by atoms with Crippen molar-refractivity contribution in [2.45, 2.75) is 32.4 Å². The molecule has 3 heterocycles. The number of nitrogens with one attached hydrogen (secondary N) is 4. The van der Waals surface area contributed by atoms with Crippen molar-refractivity contribution >= 4 is 35.4 Å². The highest BCUT2D eigenvalue weighted by Gasteiger charge is 2.25. The highest BCUT2D eigenvalue weighted by molar-refractivity contribution is 6.14. The van der Waals surface area contributed by atoms with Gasteiger partial charge in [0.25, 0.3) is 5.91 Å². The summed E-state index contributed by atoms with van der Waals surface area (Å²) in [6, 6.07) is 9.58. The Bertz CT molecular complexity index is 1290. The standard InChI is InChI=1S/C22H21N7O3/c1-12(30)23-10-13-3-2-4-14(7-13)17-9-19(25-16-5-6-16)29-20(26-17)15(11-24-29)8-18-21(31)28-22(32)27-18/h2-4,7-9,11,16,25H,5-6,10H2,1H3,(H,23,30)(H2,27,28,31,32). The highest BCUT2D eigenvalue weighted by Crippen LogP contribution is 2.29. The zero-order chi connectivity index (χ0) is 22.2. The summed E-state index contributed by atoms with van der Waals surface area (Å²) in [7, 11) is 0. The second-order valence-corrected chi connectivity index (χ2v) is 7.86. The molecule has 0 unspecified atom stereocenters. The van der Waals surface area contributed by atoms with Crippen LogP contribution in [0.15, 0.2) is 42.2 Å². The van der Waals surface area contributed by atoms with Gasteiger partial charge in [-0.25, -0.2) is 9.78 Å². The number of nitrogens with zero attached hydrogens (tertiary/aromatic N) is 3. The molecule has 0 radical (unpaired) electrons. The van der Waals surface area contributed by atoms with Gasteiger partial charge in [0.15, 0.2) is 5.65 Å². The summed E-state index contributed by atoms with van der Waals surface area (Å²) >= 11 is 0. The lowest BCUT2D eigenvalue weighted by atomic mass is 10.1. The fraction of sp³-hybridized carbons (Fsp3) is 0.227. The molecule has 32 heavy (non-hydrogen) atoms. The lowest BCUT2D eigenvalue weighted by Crippen LogP contribution is -2.22. The molecule has 10 heteroatoms. The van der Waals surface area contributed by atoms with Crippen LogP contribution in [-0.2, 0) is 16.1 Å². The molecule has 1 aliphatic carbocycles. The number of fused-ring (bicyclic) bond motifs is 1. The number of urea groups is 1. The van der Waals surface area contributed by atoms with Crippen LogP contribution >= 0.6 is 0 Å². The Labute approximate surface area is 183 Å². The molecule has 2 aromatic heterocycles. The lowest BCUT2D eigenvalue weighted by molar-refractivity contribution is -0.119. The molecule has 1 aromatic carbocycles. The lowest BCUT2D eigenvalue weighted by Gasteiger charge is -2.11. The molecule has 1 saturated carbocycles. The smallest absolute Gasteiger partial charge is 0.326 e. The fourth-order valence-electron chi connectivity index (χ4n) is 3.47. The first kappa shape index (κ1) is 19.7. The summed E-state index contributed by atoms with van der Waals surface area (Å²) in [5, 5.41) is 15.4. The Kier molecular flexibility index (Phi) is 4.81. The molecule has 0 bridgehead atoms. The number of carbonyl (C=O) groups is 3. The molecule has 1 aliphatic heterocycles. The Morgan fingerprint density at radius 1 is 1.25 bits per heavy atom. The molecule has 162 valence electrons. The van der Waals surface area contributed by atoms with E-state index in [0.29, 0.717) is 23.8 Å². The number of amides is 4. The quantitative estimate of drug-likeness (QED) is 0.348. The monoisotopic (exact) mass is 431 g/mol. The fourth-order valence-corrected chi connectivity index (χ4v) is 3.47. The van der Waals surface area contributed by atoms with Gasteiger partial charge in [0.2, 0.25) is 5.91 Å². The van der Waals surface area contributed by atoms with Gasteiger partial charge in [-0.05, 0) is 30.5 Å². The van der Waals surface area contributed by atoms with Gasteiger partial charge in [0, 0.05) is 36.7 Å². The number of aromatic nitrogens is 3. The third-order valence-electron chi connectivity index (χ3n) is 5.21. The van der Waals surface area contributed by atoms with E-state index in [1.54, 1.807) is 16.8 Å². The molecule has 2 aliphatic rings. The molecule has 5 rings (SSSR count). The van der Waals surface area contributed by atoms with Crippen molar-refractivity contribution in [1.29, 1.82) is 0 Å². The molecule has 0 spiro atoms. The summed E-state index contributed by atoms with van der Waals surface area (Å²) in [4.78, 5) is 39.5. The summed E-state index contributed by atoms with van der Waals surface area (Å²) < 4.78 is 1.70. The topological polar surface area (TPSA) is 130 Å². The molecular formula is C22H21N7O3. The average Bonchev–Trinajstić information content (AvgIpc) is 3.40. The van der Waals surface area contributed by atoms with Crippen molar-refractivity contribution in [1.82, 2.24) is 30.5 Å². The maximum absolute atomic E-state index is 12.0. The van der Waals surface area contributed by atoms with Crippen LogP contribution in [0.1, 0.15) is 30.9 Å². The number of hydrogen-bond acceptors (Lipinski definition) is 6. The van der Waals surface area contributed by atoms with E-state index in [-0.39, 0.29) is 11.6 Å². The maximum Gasteiger partial charge on any atom is 0.326 e. The van der Waals surface area contributed by atoms with Gasteiger partial charge in [-0.15, -0.1) is 0 Å². The third kappa shape index (κ3) is 4.02. The number of carbonyl (C=O) groups excluding carboxylic acids is 3. The summed E-state index contributed by atoms with van der Waals surface area (Å²) in [5.41, 5.74) is 3.88. The van der Waals surface area contributed by atoms with Gasteiger partial charge < -0.3 is 16.0 Å². The van der Waals surface area contributed by atoms with E-state index in [1.165, 1.54) is 6.92 Å². The van der Waals surface area contributed by atoms with Crippen LogP contribution in [0, 0.1) is 0 Å². The number of benzene rings is 1. The van der Waals surface area contributed by atoms with Gasteiger partial charge in [-0.2, -0.15) is 9.61 Å². The van der Waals surface area contributed by atoms with E-state index in [2.05, 4.69) is 26.4 Å². The van der Waals surface area contributed by atoms with Crippen molar-refractivity contribution in [2.75, 3.05) is 5.32 Å². The van der Waals surface area contributed by atoms with Crippen molar-refractivity contribution in [3.05, 3.63) is 53.4 Å². The Morgan fingerprint density at radius 3 is 2.81 bits per heavy atom. The number of hydrogen-bond donors (Lipinski definition) is 4. The molecule has 2 fully saturated rings. The predicted octanol–water partition coefficient (Wildman–Crippen LogP) is 1.79. The SMILES string of the molecule is CC(=O)NCc1cccc(-c2cc(NC3CC3)n3ncc(C=C4NC(=O)NC4=O)c3n2)c1. The van der Waals surface area contributed by atoms with Crippen molar-refractivity contribution in [3.8, 4) is 11.3 Å². The van der Waals surface area contributed by atoms with E-state index in [0.717, 1.165) is 35.5 Å². The van der Waals surface area contributed by atoms with Crippen molar-refractivity contribution in [3.63, 3.8) is 0 Å². The van der Waals surface area contributed by atoms with Crippen LogP contribution in [-0.4, -0.2) is 38.5 Å². The average molecular weight is 431 g/mol. The van der Waals surface area contributed by atoms with Crippen LogP contribution < -0.4 is 21.3 Å². The van der Waals surface area contributed by atoms with E-state index < -0.39 is 11.9 Å². The van der Waals surface area contributed by atoms with Gasteiger partial charge in [0.05, 0.1) is 11.9 Å². The highest BCUT2D eigenvalue weighted by atomic mass is 16.2. The minimum atomic E-state index is -0.557. The molecule has 3 aromatic rings. The van der Waals surface area contributed by atoms with E-state index in [9.17, 15) is 14.4 Å². The van der Waals surface area contributed by atoms with E-state index in [1.807, 2.05) is 30.3 Å². The van der Waals surface area contributed by atoms with Crippen LogP contribution in [0.2, 0.25) is 0 Å². The number of rotatable bonds is 6. The normalized spacial score (nSPS) is 16.8. The first-order valence-electron chi connectivity index (χ1n) is 10.3. The van der Waals surface area contributed by atoms with Crippen molar-refractivity contribution in [2.24, 2.45) is 0 Å². The van der Waals surface area contributed by atoms with Gasteiger partial charge in [0.1, 0.15) is 11.5 Å². The van der Waals surface area contributed by atoms with Crippen LogP contribution in [0.3, 0.4) is 0 Å². The maximum atomic E-state index is 12.0. The first-order valence-corrected chi connectivity index (χ1v) is 10.3. The van der Waals surface area contributed by atoms with Crippen LogP contribution in [0.25, 0.3) is 23.0 Å². The van der Waals surface area contributed by atoms with Crippen molar-refractivity contribution < 1.29 is 14.4 Å². The molecule has 4 amide bonds. The second-order valence-electron chi connectivity index (χ2n) is 7.86. The van der Waals surface area contributed by atoms with Gasteiger partial charge in [-0.3, -0.25) is 14.9 Å².